The molecule has 0 bridgehead atoms. The highest BCUT2D eigenvalue weighted by atomic mass is 35.5. The standard InChI is InChI=1S/C27H29ClN2O4/c1-17-6-7-18(14-21(17)28)19-8-10-24(33-5)23(15-19)30-22-12-13-29(26(32)34-27(2,3)4)16-20(22)9-11-25(30)31/h6-11,14-15H,12-13,16H2,1-5H3. The van der Waals surface area contributed by atoms with E-state index < -0.39 is 5.60 Å². The third-order valence-electron chi connectivity index (χ3n) is 5.84. The number of aryl methyl sites for hydroxylation is 1. The fraction of sp³-hybridized carbons (Fsp3) is 0.333. The monoisotopic (exact) mass is 480 g/mol. The number of pyridine rings is 1. The lowest BCUT2D eigenvalue weighted by atomic mass is 10.0. The molecule has 2 heterocycles. The Labute approximate surface area is 204 Å². The average molecular weight is 481 g/mol. The van der Waals surface area contributed by atoms with Crippen molar-refractivity contribution >= 4 is 17.7 Å². The second kappa shape index (κ2) is 9.18. The van der Waals surface area contributed by atoms with Gasteiger partial charge >= 0.3 is 6.09 Å². The van der Waals surface area contributed by atoms with E-state index in [1.54, 1.807) is 22.6 Å². The van der Waals surface area contributed by atoms with Crippen LogP contribution in [-0.4, -0.2) is 34.8 Å². The molecular weight excluding hydrogens is 452 g/mol. The van der Waals surface area contributed by atoms with E-state index >= 15 is 0 Å². The normalized spacial score (nSPS) is 13.4. The van der Waals surface area contributed by atoms with Crippen LogP contribution in [0.1, 0.15) is 37.6 Å². The van der Waals surface area contributed by atoms with E-state index in [1.807, 2.05) is 64.1 Å². The van der Waals surface area contributed by atoms with E-state index in [0.29, 0.717) is 36.0 Å². The van der Waals surface area contributed by atoms with Crippen LogP contribution in [0.15, 0.2) is 53.3 Å². The van der Waals surface area contributed by atoms with Gasteiger partial charge in [-0.25, -0.2) is 4.79 Å². The van der Waals surface area contributed by atoms with E-state index in [-0.39, 0.29) is 11.7 Å². The fourth-order valence-electron chi connectivity index (χ4n) is 4.12. The first-order valence-corrected chi connectivity index (χ1v) is 11.6. The zero-order valence-corrected chi connectivity index (χ0v) is 20.9. The van der Waals surface area contributed by atoms with Gasteiger partial charge in [0.25, 0.3) is 5.56 Å². The number of aromatic nitrogens is 1. The largest absolute Gasteiger partial charge is 0.495 e. The molecule has 0 saturated carbocycles. The maximum atomic E-state index is 13.1. The minimum Gasteiger partial charge on any atom is -0.495 e. The molecular formula is C27H29ClN2O4. The summed E-state index contributed by atoms with van der Waals surface area (Å²) in [6, 6.07) is 15.0. The molecule has 0 atom stereocenters. The van der Waals surface area contributed by atoms with Crippen LogP contribution in [0.5, 0.6) is 5.75 Å². The zero-order chi connectivity index (χ0) is 24.6. The van der Waals surface area contributed by atoms with Crippen molar-refractivity contribution in [2.24, 2.45) is 0 Å². The summed E-state index contributed by atoms with van der Waals surface area (Å²) in [5, 5.41) is 0.686. The number of carbonyl (C=O) groups excluding carboxylic acids is 1. The molecule has 0 aliphatic carbocycles. The molecule has 0 fully saturated rings. The molecule has 178 valence electrons. The van der Waals surface area contributed by atoms with Gasteiger partial charge in [-0.3, -0.25) is 9.36 Å². The number of ether oxygens (including phenoxy) is 2. The van der Waals surface area contributed by atoms with Crippen molar-refractivity contribution in [3.05, 3.63) is 80.7 Å². The van der Waals surface area contributed by atoms with Crippen LogP contribution in [0.4, 0.5) is 4.79 Å². The first-order valence-electron chi connectivity index (χ1n) is 11.2. The highest BCUT2D eigenvalue weighted by Gasteiger charge is 2.28. The Morgan fingerprint density at radius 2 is 1.74 bits per heavy atom. The van der Waals surface area contributed by atoms with Crippen LogP contribution in [0.3, 0.4) is 0 Å². The molecule has 34 heavy (non-hydrogen) atoms. The lowest BCUT2D eigenvalue weighted by molar-refractivity contribution is 0.0222. The minimum absolute atomic E-state index is 0.151. The lowest BCUT2D eigenvalue weighted by Gasteiger charge is -2.32. The van der Waals surface area contributed by atoms with Crippen molar-refractivity contribution in [2.75, 3.05) is 13.7 Å². The Bertz CT molecular complexity index is 1310. The molecule has 1 aliphatic heterocycles. The van der Waals surface area contributed by atoms with Crippen molar-refractivity contribution in [1.82, 2.24) is 9.47 Å². The van der Waals surface area contributed by atoms with Gasteiger partial charge in [0, 0.05) is 29.7 Å². The van der Waals surface area contributed by atoms with Gasteiger partial charge in [0.15, 0.2) is 0 Å². The van der Waals surface area contributed by atoms with Gasteiger partial charge in [0.05, 0.1) is 19.3 Å². The third-order valence-corrected chi connectivity index (χ3v) is 6.25. The second-order valence-electron chi connectivity index (χ2n) is 9.48. The Kier molecular flexibility index (Phi) is 6.45. The first-order chi connectivity index (χ1) is 16.1. The van der Waals surface area contributed by atoms with E-state index in [1.165, 1.54) is 6.07 Å². The van der Waals surface area contributed by atoms with E-state index in [9.17, 15) is 9.59 Å². The molecule has 0 radical (unpaired) electrons. The summed E-state index contributed by atoms with van der Waals surface area (Å²) in [4.78, 5) is 27.4. The molecule has 0 spiro atoms. The Morgan fingerprint density at radius 1 is 1.03 bits per heavy atom. The predicted octanol–water partition coefficient (Wildman–Crippen LogP) is 5.77. The molecule has 1 amide bonds. The Morgan fingerprint density at radius 3 is 2.41 bits per heavy atom. The van der Waals surface area contributed by atoms with Gasteiger partial charge in [-0.1, -0.05) is 29.8 Å². The minimum atomic E-state index is -0.567. The van der Waals surface area contributed by atoms with Crippen LogP contribution in [0.2, 0.25) is 5.02 Å². The molecule has 7 heteroatoms. The van der Waals surface area contributed by atoms with E-state index in [0.717, 1.165) is 27.9 Å². The molecule has 0 unspecified atom stereocenters. The number of nitrogens with zero attached hydrogens (tertiary/aromatic N) is 2. The average Bonchev–Trinajstić information content (AvgIpc) is 2.79. The van der Waals surface area contributed by atoms with Crippen LogP contribution >= 0.6 is 11.6 Å². The summed E-state index contributed by atoms with van der Waals surface area (Å²) in [5.41, 5.74) is 4.59. The van der Waals surface area contributed by atoms with Gasteiger partial charge in [0.2, 0.25) is 0 Å². The van der Waals surface area contributed by atoms with E-state index in [4.69, 9.17) is 21.1 Å². The SMILES string of the molecule is COc1ccc(-c2ccc(C)c(Cl)c2)cc1-n1c2c(ccc1=O)CN(C(=O)OC(C)(C)C)CC2. The summed E-state index contributed by atoms with van der Waals surface area (Å²) in [7, 11) is 1.59. The fourth-order valence-corrected chi connectivity index (χ4v) is 4.30. The number of hydrogen-bond acceptors (Lipinski definition) is 4. The first kappa shape index (κ1) is 23.9. The van der Waals surface area contributed by atoms with Crippen LogP contribution < -0.4 is 10.3 Å². The van der Waals surface area contributed by atoms with Crippen molar-refractivity contribution < 1.29 is 14.3 Å². The number of benzene rings is 2. The maximum Gasteiger partial charge on any atom is 0.410 e. The second-order valence-corrected chi connectivity index (χ2v) is 9.89. The van der Waals surface area contributed by atoms with Gasteiger partial charge < -0.3 is 14.4 Å². The molecule has 3 aromatic rings. The summed E-state index contributed by atoms with van der Waals surface area (Å²) in [5.74, 6) is 0.590. The van der Waals surface area contributed by atoms with Crippen molar-refractivity contribution in [3.8, 4) is 22.6 Å². The summed E-state index contributed by atoms with van der Waals surface area (Å²) in [6.07, 6.45) is 0.167. The lowest BCUT2D eigenvalue weighted by Crippen LogP contribution is -2.41. The van der Waals surface area contributed by atoms with Crippen LogP contribution in [-0.2, 0) is 17.7 Å². The summed E-state index contributed by atoms with van der Waals surface area (Å²) in [6.45, 7) is 8.34. The van der Waals surface area contributed by atoms with Crippen LogP contribution in [0, 0.1) is 6.92 Å². The highest BCUT2D eigenvalue weighted by molar-refractivity contribution is 6.31. The number of methoxy groups -OCH3 is 1. The molecule has 0 saturated heterocycles. The van der Waals surface area contributed by atoms with Gasteiger partial charge in [-0.05, 0) is 74.2 Å². The third kappa shape index (κ3) is 4.82. The molecule has 2 aromatic carbocycles. The van der Waals surface area contributed by atoms with Gasteiger partial charge in [-0.2, -0.15) is 0 Å². The number of halogens is 1. The summed E-state index contributed by atoms with van der Waals surface area (Å²) < 4.78 is 12.9. The van der Waals surface area contributed by atoms with Crippen molar-refractivity contribution in [3.63, 3.8) is 0 Å². The molecule has 1 aromatic heterocycles. The number of amides is 1. The van der Waals surface area contributed by atoms with Gasteiger partial charge in [0.1, 0.15) is 11.4 Å². The summed E-state index contributed by atoms with van der Waals surface area (Å²) >= 11 is 6.36. The smallest absolute Gasteiger partial charge is 0.410 e. The Hall–Kier alpha value is -3.25. The molecule has 0 N–H and O–H groups in total. The zero-order valence-electron chi connectivity index (χ0n) is 20.1. The van der Waals surface area contributed by atoms with Crippen molar-refractivity contribution in [2.45, 2.75) is 46.3 Å². The topological polar surface area (TPSA) is 60.8 Å². The molecule has 1 aliphatic rings. The predicted molar refractivity (Wildman–Crippen MR) is 134 cm³/mol. The number of fused-ring (bicyclic) bond motifs is 1. The van der Waals surface area contributed by atoms with Crippen LogP contribution in [0.25, 0.3) is 16.8 Å². The Balaban J connectivity index is 1.77. The molecule has 6 nitrogen and oxygen atoms in total. The highest BCUT2D eigenvalue weighted by Crippen LogP contribution is 2.33. The molecule has 4 rings (SSSR count). The van der Waals surface area contributed by atoms with Crippen molar-refractivity contribution in [1.29, 1.82) is 0 Å². The number of rotatable bonds is 3. The number of hydrogen-bond donors (Lipinski definition) is 0. The van der Waals surface area contributed by atoms with E-state index in [2.05, 4.69) is 0 Å². The quantitative estimate of drug-likeness (QED) is 0.477. The maximum absolute atomic E-state index is 13.1. The van der Waals surface area contributed by atoms with Gasteiger partial charge in [-0.15, -0.1) is 0 Å². The number of carbonyl (C=O) groups is 1.